The molecule has 196 valence electrons. The van der Waals surface area contributed by atoms with Crippen molar-refractivity contribution >= 4 is 16.6 Å². The predicted molar refractivity (Wildman–Crippen MR) is 156 cm³/mol. The Morgan fingerprint density at radius 3 is 2.64 bits per heavy atom. The number of nitrogens with zero attached hydrogens (tertiary/aromatic N) is 5. The molecule has 0 bridgehead atoms. The summed E-state index contributed by atoms with van der Waals surface area (Å²) in [6.07, 6.45) is 7.39. The molecule has 0 aliphatic carbocycles. The van der Waals surface area contributed by atoms with E-state index < -0.39 is 0 Å². The van der Waals surface area contributed by atoms with Gasteiger partial charge >= 0.3 is 0 Å². The Labute approximate surface area is 229 Å². The van der Waals surface area contributed by atoms with E-state index in [-0.39, 0.29) is 5.56 Å². The molecule has 6 rings (SSSR count). The molecule has 1 unspecified atom stereocenters. The quantitative estimate of drug-likeness (QED) is 0.290. The maximum atomic E-state index is 13.9. The van der Waals surface area contributed by atoms with Gasteiger partial charge in [-0.2, -0.15) is 10.4 Å². The van der Waals surface area contributed by atoms with Crippen LogP contribution in [0.3, 0.4) is 0 Å². The molecule has 3 heterocycles. The highest BCUT2D eigenvalue weighted by molar-refractivity contribution is 6.04. The van der Waals surface area contributed by atoms with Crippen LogP contribution >= 0.6 is 0 Å². The summed E-state index contributed by atoms with van der Waals surface area (Å²) >= 11 is 0. The van der Waals surface area contributed by atoms with Crippen molar-refractivity contribution in [1.29, 1.82) is 5.26 Å². The van der Waals surface area contributed by atoms with Gasteiger partial charge in [-0.1, -0.05) is 61.9 Å². The Balaban J connectivity index is 1.35. The standard InChI is InChI=1S/C33H33N5O/c1-2-3-11-32-35-30-17-16-25(31-20-27-9-6-7-18-38(27)36-31)19-29(30)33(39)37(32)22-23-12-14-24(15-13-23)28-10-5-4-8-26(28)21-34/h4-5,8,10,12-17,19,27H,2-3,6-7,9,11,18,20,22H2,1H3. The Morgan fingerprint density at radius 1 is 1.03 bits per heavy atom. The zero-order valence-corrected chi connectivity index (χ0v) is 22.4. The first-order chi connectivity index (χ1) is 19.1. The molecular weight excluding hydrogens is 482 g/mol. The monoisotopic (exact) mass is 515 g/mol. The fraction of sp³-hybridized carbons (Fsp3) is 0.333. The maximum Gasteiger partial charge on any atom is 0.261 e. The van der Waals surface area contributed by atoms with Gasteiger partial charge in [0.1, 0.15) is 5.82 Å². The summed E-state index contributed by atoms with van der Waals surface area (Å²) < 4.78 is 1.85. The fourth-order valence-corrected chi connectivity index (χ4v) is 5.86. The second-order valence-corrected chi connectivity index (χ2v) is 10.7. The highest BCUT2D eigenvalue weighted by atomic mass is 16.1. The normalized spacial score (nSPS) is 16.7. The van der Waals surface area contributed by atoms with Crippen molar-refractivity contribution in [2.45, 2.75) is 64.5 Å². The van der Waals surface area contributed by atoms with Crippen LogP contribution in [0.1, 0.15) is 68.0 Å². The second kappa shape index (κ2) is 10.9. The van der Waals surface area contributed by atoms with Gasteiger partial charge in [0.2, 0.25) is 0 Å². The molecule has 1 fully saturated rings. The number of hydrazone groups is 1. The van der Waals surface area contributed by atoms with Crippen molar-refractivity contribution in [2.24, 2.45) is 5.10 Å². The minimum absolute atomic E-state index is 0.00294. The smallest absolute Gasteiger partial charge is 0.261 e. The van der Waals surface area contributed by atoms with Crippen molar-refractivity contribution in [1.82, 2.24) is 14.6 Å². The Morgan fingerprint density at radius 2 is 1.85 bits per heavy atom. The third-order valence-electron chi connectivity index (χ3n) is 8.05. The number of aryl methyl sites for hydroxylation is 1. The molecule has 1 aromatic heterocycles. The zero-order valence-electron chi connectivity index (χ0n) is 22.4. The molecule has 2 aliphatic heterocycles. The summed E-state index contributed by atoms with van der Waals surface area (Å²) in [4.78, 5) is 18.9. The molecule has 6 nitrogen and oxygen atoms in total. The number of hydrogen-bond donors (Lipinski definition) is 0. The van der Waals surface area contributed by atoms with Crippen molar-refractivity contribution < 1.29 is 0 Å². The first kappa shape index (κ1) is 25.1. The molecule has 39 heavy (non-hydrogen) atoms. The molecule has 3 aromatic carbocycles. The molecule has 0 amide bonds. The SMILES string of the molecule is CCCCc1nc2ccc(C3=NN4CCCCC4C3)cc2c(=O)n1Cc1ccc(-c2ccccc2C#N)cc1. The van der Waals surface area contributed by atoms with Gasteiger partial charge in [-0.25, -0.2) is 4.98 Å². The van der Waals surface area contributed by atoms with Gasteiger partial charge in [0, 0.05) is 19.4 Å². The number of benzene rings is 3. The average molecular weight is 516 g/mol. The Bertz CT molecular complexity index is 1640. The Kier molecular flexibility index (Phi) is 6.98. The van der Waals surface area contributed by atoms with E-state index in [1.807, 2.05) is 65.2 Å². The largest absolute Gasteiger partial charge is 0.293 e. The maximum absolute atomic E-state index is 13.9. The molecule has 4 aromatic rings. The van der Waals surface area contributed by atoms with E-state index in [0.29, 0.717) is 23.5 Å². The van der Waals surface area contributed by atoms with Crippen molar-refractivity contribution in [2.75, 3.05) is 6.54 Å². The van der Waals surface area contributed by atoms with Crippen LogP contribution in [-0.2, 0) is 13.0 Å². The van der Waals surface area contributed by atoms with Crippen LogP contribution in [0.5, 0.6) is 0 Å². The van der Waals surface area contributed by atoms with Crippen LogP contribution in [0.4, 0.5) is 0 Å². The van der Waals surface area contributed by atoms with Gasteiger partial charge < -0.3 is 0 Å². The Hall–Kier alpha value is -4.24. The van der Waals surface area contributed by atoms with Crippen LogP contribution in [0.15, 0.2) is 76.6 Å². The fourth-order valence-electron chi connectivity index (χ4n) is 5.86. The minimum atomic E-state index is 0.00294. The molecule has 0 N–H and O–H groups in total. The number of rotatable bonds is 7. The molecule has 2 aliphatic rings. The summed E-state index contributed by atoms with van der Waals surface area (Å²) in [6.45, 7) is 3.64. The van der Waals surface area contributed by atoms with Gasteiger partial charge in [0.15, 0.2) is 0 Å². The van der Waals surface area contributed by atoms with E-state index in [1.165, 1.54) is 19.3 Å². The average Bonchev–Trinajstić information content (AvgIpc) is 3.42. The number of hydrogen-bond acceptors (Lipinski definition) is 5. The van der Waals surface area contributed by atoms with Crippen LogP contribution in [0.25, 0.3) is 22.0 Å². The first-order valence-corrected chi connectivity index (χ1v) is 14.1. The third-order valence-corrected chi connectivity index (χ3v) is 8.05. The van der Waals surface area contributed by atoms with Gasteiger partial charge in [0.25, 0.3) is 5.56 Å². The summed E-state index contributed by atoms with van der Waals surface area (Å²) in [5.41, 5.74) is 6.46. The van der Waals surface area contributed by atoms with Crippen molar-refractivity contribution in [3.63, 3.8) is 0 Å². The highest BCUT2D eigenvalue weighted by Crippen LogP contribution is 2.29. The van der Waals surface area contributed by atoms with E-state index >= 15 is 0 Å². The van der Waals surface area contributed by atoms with E-state index in [9.17, 15) is 10.1 Å². The number of fused-ring (bicyclic) bond motifs is 2. The third kappa shape index (κ3) is 4.97. The lowest BCUT2D eigenvalue weighted by Gasteiger charge is -2.27. The highest BCUT2D eigenvalue weighted by Gasteiger charge is 2.29. The number of piperidine rings is 1. The van der Waals surface area contributed by atoms with Crippen LogP contribution in [-0.4, -0.2) is 32.9 Å². The second-order valence-electron chi connectivity index (χ2n) is 10.7. The summed E-state index contributed by atoms with van der Waals surface area (Å²) in [7, 11) is 0. The molecule has 1 atom stereocenters. The molecule has 0 radical (unpaired) electrons. The van der Waals surface area contributed by atoms with Crippen molar-refractivity contribution in [3.05, 3.63) is 99.6 Å². The molecule has 0 saturated carbocycles. The van der Waals surface area contributed by atoms with E-state index in [0.717, 1.165) is 71.5 Å². The summed E-state index contributed by atoms with van der Waals surface area (Å²) in [6, 6.07) is 24.6. The molecule has 6 heteroatoms. The van der Waals surface area contributed by atoms with Crippen LogP contribution < -0.4 is 5.56 Å². The summed E-state index contributed by atoms with van der Waals surface area (Å²) in [5, 5.41) is 17.3. The van der Waals surface area contributed by atoms with Gasteiger partial charge in [0.05, 0.1) is 40.8 Å². The molecule has 0 spiro atoms. The first-order valence-electron chi connectivity index (χ1n) is 14.1. The minimum Gasteiger partial charge on any atom is -0.293 e. The topological polar surface area (TPSA) is 74.3 Å². The lowest BCUT2D eigenvalue weighted by atomic mass is 9.97. The van der Waals surface area contributed by atoms with Crippen molar-refractivity contribution in [3.8, 4) is 17.2 Å². The predicted octanol–water partition coefficient (Wildman–Crippen LogP) is 6.29. The number of nitriles is 1. The summed E-state index contributed by atoms with van der Waals surface area (Å²) in [5.74, 6) is 0.830. The van der Waals surface area contributed by atoms with Gasteiger partial charge in [-0.15, -0.1) is 0 Å². The van der Waals surface area contributed by atoms with Crippen LogP contribution in [0, 0.1) is 11.3 Å². The lowest BCUT2D eigenvalue weighted by Crippen LogP contribution is -2.31. The molecular formula is C33H33N5O. The lowest BCUT2D eigenvalue weighted by molar-refractivity contribution is 0.178. The van der Waals surface area contributed by atoms with Crippen LogP contribution in [0.2, 0.25) is 0 Å². The number of aromatic nitrogens is 2. The van der Waals surface area contributed by atoms with E-state index in [1.54, 1.807) is 0 Å². The zero-order chi connectivity index (χ0) is 26.8. The van der Waals surface area contributed by atoms with Gasteiger partial charge in [-0.3, -0.25) is 14.4 Å². The van der Waals surface area contributed by atoms with E-state index in [2.05, 4.69) is 24.1 Å². The van der Waals surface area contributed by atoms with Gasteiger partial charge in [-0.05, 0) is 66.1 Å². The molecule has 1 saturated heterocycles. The number of unbranched alkanes of at least 4 members (excludes halogenated alkanes) is 1. The van der Waals surface area contributed by atoms with E-state index in [4.69, 9.17) is 10.1 Å².